The third-order valence-electron chi connectivity index (χ3n) is 1.82. The maximum absolute atomic E-state index is 11.6. The van der Waals surface area contributed by atoms with Crippen LogP contribution < -0.4 is 0 Å². The lowest BCUT2D eigenvalue weighted by atomic mass is 10.1. The van der Waals surface area contributed by atoms with E-state index in [-0.39, 0.29) is 0 Å². The zero-order chi connectivity index (χ0) is 13.6. The van der Waals surface area contributed by atoms with Gasteiger partial charge in [-0.05, 0) is 38.5 Å². The summed E-state index contributed by atoms with van der Waals surface area (Å²) in [7, 11) is 1.46. The Balaban J connectivity index is 2.62. The van der Waals surface area contributed by atoms with Crippen molar-refractivity contribution >= 4 is 12.2 Å². The largest absolute Gasteiger partial charge is 0.399 e. The lowest BCUT2D eigenvalue weighted by Gasteiger charge is -2.16. The van der Waals surface area contributed by atoms with Gasteiger partial charge in [-0.25, -0.2) is 4.79 Å². The molecule has 0 saturated heterocycles. The zero-order valence-corrected chi connectivity index (χ0v) is 11.0. The van der Waals surface area contributed by atoms with Crippen molar-refractivity contribution in [3.05, 3.63) is 35.4 Å². The molecule has 0 saturated carbocycles. The Morgan fingerprint density at radius 1 is 1.22 bits per heavy atom. The van der Waals surface area contributed by atoms with Crippen LogP contribution in [0.4, 0.5) is 0 Å². The van der Waals surface area contributed by atoms with E-state index in [1.807, 2.05) is 0 Å². The van der Waals surface area contributed by atoms with Gasteiger partial charge in [-0.2, -0.15) is 4.89 Å². The van der Waals surface area contributed by atoms with Gasteiger partial charge in [0.15, 0.2) is 0 Å². The van der Waals surface area contributed by atoms with Gasteiger partial charge in [0.2, 0.25) is 0 Å². The predicted octanol–water partition coefficient (Wildman–Crippen LogP) is 2.55. The second-order valence-electron chi connectivity index (χ2n) is 4.61. The van der Waals surface area contributed by atoms with Crippen LogP contribution in [0.25, 0.3) is 0 Å². The molecule has 1 rings (SSSR count). The summed E-state index contributed by atoms with van der Waals surface area (Å²) < 4.78 is 0. The van der Waals surface area contributed by atoms with E-state index in [1.54, 1.807) is 51.3 Å². The molecule has 0 heterocycles. The van der Waals surface area contributed by atoms with E-state index in [4.69, 9.17) is 9.78 Å². The quantitative estimate of drug-likeness (QED) is 0.469. The molecule has 0 bridgehead atoms. The van der Waals surface area contributed by atoms with Gasteiger partial charge in [0.1, 0.15) is 12.7 Å². The lowest BCUT2D eigenvalue weighted by molar-refractivity contribution is -0.301. The molecule has 0 atom stereocenters. The summed E-state index contributed by atoms with van der Waals surface area (Å²) in [6.45, 7) is 5.39. The molecule has 0 unspecified atom stereocenters. The molecule has 1 aromatic rings. The number of carbonyl (C=O) groups excluding carboxylic acids is 1. The smallest absolute Gasteiger partial charge is 0.373 e. The molecular weight excluding hydrogens is 234 g/mol. The second-order valence-corrected chi connectivity index (χ2v) is 4.61. The maximum Gasteiger partial charge on any atom is 0.373 e. The Bertz CT molecular complexity index is 418. The van der Waals surface area contributed by atoms with Crippen LogP contribution in [-0.2, 0) is 14.6 Å². The Morgan fingerprint density at radius 3 is 2.33 bits per heavy atom. The summed E-state index contributed by atoms with van der Waals surface area (Å²) in [5, 5.41) is 3.62. The summed E-state index contributed by atoms with van der Waals surface area (Å²) in [6.07, 6.45) is 1.54. The van der Waals surface area contributed by atoms with Gasteiger partial charge in [-0.3, -0.25) is 4.89 Å². The van der Waals surface area contributed by atoms with Crippen LogP contribution in [0, 0.1) is 0 Å². The van der Waals surface area contributed by atoms with Crippen molar-refractivity contribution in [1.29, 1.82) is 0 Å². The van der Waals surface area contributed by atoms with Crippen molar-refractivity contribution in [1.82, 2.24) is 0 Å². The molecule has 1 aromatic carbocycles. The first-order valence-electron chi connectivity index (χ1n) is 5.49. The summed E-state index contributed by atoms with van der Waals surface area (Å²) in [5.74, 6) is -0.528. The van der Waals surface area contributed by atoms with Gasteiger partial charge in [-0.1, -0.05) is 17.3 Å². The zero-order valence-electron chi connectivity index (χ0n) is 11.0. The molecule has 0 aliphatic carbocycles. The van der Waals surface area contributed by atoms with E-state index in [0.29, 0.717) is 5.56 Å². The van der Waals surface area contributed by atoms with Crippen molar-refractivity contribution < 1.29 is 19.4 Å². The fraction of sp³-hybridized carbons (Fsp3) is 0.385. The average molecular weight is 251 g/mol. The molecule has 18 heavy (non-hydrogen) atoms. The van der Waals surface area contributed by atoms with Gasteiger partial charge in [-0.15, -0.1) is 0 Å². The Labute approximate surface area is 106 Å². The Kier molecular flexibility index (Phi) is 4.85. The minimum atomic E-state index is -0.528. The Hall–Kier alpha value is -1.88. The molecule has 0 fully saturated rings. The number of hydrogen-bond acceptors (Lipinski definition) is 5. The van der Waals surface area contributed by atoms with Crippen molar-refractivity contribution in [3.8, 4) is 0 Å². The lowest BCUT2D eigenvalue weighted by Crippen LogP contribution is -2.21. The first kappa shape index (κ1) is 14.2. The molecule has 98 valence electrons. The van der Waals surface area contributed by atoms with Crippen molar-refractivity contribution in [3.63, 3.8) is 0 Å². The number of hydrogen-bond donors (Lipinski definition) is 0. The highest BCUT2D eigenvalue weighted by Crippen LogP contribution is 2.10. The first-order valence-corrected chi connectivity index (χ1v) is 5.49. The predicted molar refractivity (Wildman–Crippen MR) is 67.3 cm³/mol. The number of oxime groups is 1. The minimum absolute atomic E-state index is 0.411. The highest BCUT2D eigenvalue weighted by Gasteiger charge is 2.16. The van der Waals surface area contributed by atoms with Crippen LogP contribution in [0.5, 0.6) is 0 Å². The van der Waals surface area contributed by atoms with E-state index < -0.39 is 11.6 Å². The van der Waals surface area contributed by atoms with Crippen LogP contribution in [0.15, 0.2) is 29.4 Å². The highest BCUT2D eigenvalue weighted by molar-refractivity contribution is 5.90. The highest BCUT2D eigenvalue weighted by atomic mass is 17.2. The van der Waals surface area contributed by atoms with Gasteiger partial charge < -0.3 is 4.84 Å². The molecule has 0 radical (unpaired) electrons. The number of rotatable bonds is 4. The molecular formula is C13H17NO4. The molecule has 0 aliphatic rings. The van der Waals surface area contributed by atoms with Gasteiger partial charge in [0.25, 0.3) is 0 Å². The van der Waals surface area contributed by atoms with Crippen LogP contribution in [0.2, 0.25) is 0 Å². The van der Waals surface area contributed by atoms with E-state index >= 15 is 0 Å². The Morgan fingerprint density at radius 2 is 1.83 bits per heavy atom. The van der Waals surface area contributed by atoms with E-state index in [1.165, 1.54) is 7.11 Å². The van der Waals surface area contributed by atoms with E-state index in [2.05, 4.69) is 9.99 Å². The number of carbonyl (C=O) groups is 1. The van der Waals surface area contributed by atoms with Crippen molar-refractivity contribution in [2.45, 2.75) is 26.4 Å². The molecule has 0 amide bonds. The number of nitrogens with zero attached hydrogens (tertiary/aromatic N) is 1. The molecule has 5 nitrogen and oxygen atoms in total. The minimum Gasteiger partial charge on any atom is -0.399 e. The van der Waals surface area contributed by atoms with Crippen LogP contribution in [0.1, 0.15) is 36.7 Å². The van der Waals surface area contributed by atoms with Crippen molar-refractivity contribution in [2.24, 2.45) is 5.16 Å². The second kappa shape index (κ2) is 6.16. The normalized spacial score (nSPS) is 11.6. The van der Waals surface area contributed by atoms with Crippen LogP contribution in [-0.4, -0.2) is 24.9 Å². The molecule has 0 aromatic heterocycles. The fourth-order valence-electron chi connectivity index (χ4n) is 1.03. The monoisotopic (exact) mass is 251 g/mol. The summed E-state index contributed by atoms with van der Waals surface area (Å²) in [4.78, 5) is 25.8. The van der Waals surface area contributed by atoms with E-state index in [0.717, 1.165) is 5.56 Å². The number of benzene rings is 1. The standard InChI is InChI=1S/C13H17NO4/c1-13(2,3)18-17-12(15)11-7-5-10(6-8-11)9-14-16-4/h5-9H,1-4H3. The van der Waals surface area contributed by atoms with Crippen LogP contribution >= 0.6 is 0 Å². The van der Waals surface area contributed by atoms with Gasteiger partial charge in [0, 0.05) is 0 Å². The molecule has 0 aliphatic heterocycles. The maximum atomic E-state index is 11.6. The topological polar surface area (TPSA) is 57.1 Å². The average Bonchev–Trinajstić information content (AvgIpc) is 2.33. The first-order chi connectivity index (χ1) is 8.42. The van der Waals surface area contributed by atoms with Crippen molar-refractivity contribution in [2.75, 3.05) is 7.11 Å². The van der Waals surface area contributed by atoms with Gasteiger partial charge >= 0.3 is 5.97 Å². The summed E-state index contributed by atoms with van der Waals surface area (Å²) >= 11 is 0. The third-order valence-corrected chi connectivity index (χ3v) is 1.82. The third kappa shape index (κ3) is 4.97. The van der Waals surface area contributed by atoms with Crippen LogP contribution in [0.3, 0.4) is 0 Å². The molecule has 5 heteroatoms. The molecule has 0 spiro atoms. The SMILES string of the molecule is CON=Cc1ccc(C(=O)OOC(C)(C)C)cc1. The molecule has 0 N–H and O–H groups in total. The summed E-state index contributed by atoms with van der Waals surface area (Å²) in [5.41, 5.74) is 0.708. The summed E-state index contributed by atoms with van der Waals surface area (Å²) in [6, 6.07) is 6.73. The van der Waals surface area contributed by atoms with E-state index in [9.17, 15) is 4.79 Å². The fourth-order valence-corrected chi connectivity index (χ4v) is 1.03. The van der Waals surface area contributed by atoms with Gasteiger partial charge in [0.05, 0.1) is 11.8 Å².